The largest absolute Gasteiger partial charge is 0.465 e. The van der Waals surface area contributed by atoms with E-state index in [-0.39, 0.29) is 5.91 Å². The highest BCUT2D eigenvalue weighted by molar-refractivity contribution is 6.01. The fourth-order valence-corrected chi connectivity index (χ4v) is 4.35. The van der Waals surface area contributed by atoms with E-state index in [0.717, 1.165) is 33.8 Å². The van der Waals surface area contributed by atoms with Crippen LogP contribution >= 0.6 is 0 Å². The Hall–Kier alpha value is -5.37. The van der Waals surface area contributed by atoms with Gasteiger partial charge in [-0.25, -0.2) is 4.98 Å². The summed E-state index contributed by atoms with van der Waals surface area (Å²) in [6.07, 6.45) is 4.60. The summed E-state index contributed by atoms with van der Waals surface area (Å²) in [7, 11) is 0. The van der Waals surface area contributed by atoms with Gasteiger partial charge in [-0.3, -0.25) is 4.79 Å². The van der Waals surface area contributed by atoms with E-state index in [9.17, 15) is 4.79 Å². The topological polar surface area (TPSA) is 87.1 Å². The SMILES string of the molecule is Cc1cc(NC(=O)C=Cc2ccco2)n(-c2nc3ccccc3n2Cc2cccc(Oc3ccccc3)c2)n1. The van der Waals surface area contributed by atoms with Crippen LogP contribution < -0.4 is 10.1 Å². The molecule has 8 heteroatoms. The summed E-state index contributed by atoms with van der Waals surface area (Å²) in [5.41, 5.74) is 3.55. The molecule has 0 atom stereocenters. The zero-order valence-electron chi connectivity index (χ0n) is 21.2. The Bertz CT molecular complexity index is 1760. The molecule has 0 unspecified atom stereocenters. The molecular formula is C31H25N5O3. The first-order valence-corrected chi connectivity index (χ1v) is 12.5. The molecule has 3 aromatic heterocycles. The number of nitrogens with zero attached hydrogens (tertiary/aromatic N) is 4. The third-order valence-electron chi connectivity index (χ3n) is 6.07. The fourth-order valence-electron chi connectivity index (χ4n) is 4.35. The number of aryl methyl sites for hydroxylation is 1. The Morgan fingerprint density at radius 2 is 1.77 bits per heavy atom. The van der Waals surface area contributed by atoms with Crippen molar-refractivity contribution in [3.63, 3.8) is 0 Å². The van der Waals surface area contributed by atoms with Crippen LogP contribution in [0.2, 0.25) is 0 Å². The van der Waals surface area contributed by atoms with E-state index < -0.39 is 0 Å². The fraction of sp³-hybridized carbons (Fsp3) is 0.0645. The zero-order valence-corrected chi connectivity index (χ0v) is 21.2. The number of hydrogen-bond donors (Lipinski definition) is 1. The minimum absolute atomic E-state index is 0.305. The normalized spacial score (nSPS) is 11.3. The number of carbonyl (C=O) groups excluding carboxylic acids is 1. The van der Waals surface area contributed by atoms with Crippen molar-refractivity contribution in [1.29, 1.82) is 0 Å². The Morgan fingerprint density at radius 3 is 2.62 bits per heavy atom. The number of furan rings is 1. The Morgan fingerprint density at radius 1 is 0.949 bits per heavy atom. The van der Waals surface area contributed by atoms with Crippen LogP contribution in [0.25, 0.3) is 23.1 Å². The molecule has 3 aromatic carbocycles. The van der Waals surface area contributed by atoms with E-state index in [0.29, 0.717) is 24.1 Å². The lowest BCUT2D eigenvalue weighted by Gasteiger charge is -2.13. The van der Waals surface area contributed by atoms with Gasteiger partial charge in [0.05, 0.1) is 29.5 Å². The van der Waals surface area contributed by atoms with Crippen molar-refractivity contribution >= 4 is 28.8 Å². The second-order valence-corrected chi connectivity index (χ2v) is 8.97. The quantitative estimate of drug-likeness (QED) is 0.230. The van der Waals surface area contributed by atoms with Gasteiger partial charge in [0.25, 0.3) is 0 Å². The highest BCUT2D eigenvalue weighted by Gasteiger charge is 2.18. The number of anilines is 1. The predicted octanol–water partition coefficient (Wildman–Crippen LogP) is 6.62. The zero-order chi connectivity index (χ0) is 26.6. The van der Waals surface area contributed by atoms with Crippen molar-refractivity contribution in [2.45, 2.75) is 13.5 Å². The highest BCUT2D eigenvalue weighted by Crippen LogP contribution is 2.26. The lowest BCUT2D eigenvalue weighted by molar-refractivity contribution is -0.111. The molecule has 0 bridgehead atoms. The van der Waals surface area contributed by atoms with Crippen molar-refractivity contribution in [3.8, 4) is 17.4 Å². The number of rotatable bonds is 8. The number of amides is 1. The van der Waals surface area contributed by atoms with E-state index in [1.165, 1.54) is 6.08 Å². The third-order valence-corrected chi connectivity index (χ3v) is 6.07. The first kappa shape index (κ1) is 24.0. The van der Waals surface area contributed by atoms with Gasteiger partial charge in [-0.05, 0) is 67.1 Å². The molecule has 0 aliphatic rings. The molecule has 0 saturated heterocycles. The van der Waals surface area contributed by atoms with Crippen molar-refractivity contribution in [3.05, 3.63) is 126 Å². The van der Waals surface area contributed by atoms with E-state index in [1.807, 2.05) is 91.9 Å². The van der Waals surface area contributed by atoms with Crippen LogP contribution in [-0.4, -0.2) is 25.2 Å². The molecule has 192 valence electrons. The smallest absolute Gasteiger partial charge is 0.249 e. The van der Waals surface area contributed by atoms with Gasteiger partial charge in [-0.15, -0.1) is 0 Å². The maximum absolute atomic E-state index is 12.7. The molecule has 0 saturated carbocycles. The summed E-state index contributed by atoms with van der Waals surface area (Å²) in [5.74, 6) is 2.91. The maximum Gasteiger partial charge on any atom is 0.249 e. The molecule has 1 amide bonds. The Kier molecular flexibility index (Phi) is 6.49. The number of hydrogen-bond acceptors (Lipinski definition) is 5. The molecule has 6 rings (SSSR count). The molecule has 0 spiro atoms. The molecule has 39 heavy (non-hydrogen) atoms. The molecular weight excluding hydrogens is 490 g/mol. The Labute approximate surface area is 224 Å². The summed E-state index contributed by atoms with van der Waals surface area (Å²) < 4.78 is 15.1. The summed E-state index contributed by atoms with van der Waals surface area (Å²) in [4.78, 5) is 17.6. The average molecular weight is 516 g/mol. The second-order valence-electron chi connectivity index (χ2n) is 8.97. The number of nitrogens with one attached hydrogen (secondary N) is 1. The number of fused-ring (bicyclic) bond motifs is 1. The summed E-state index contributed by atoms with van der Waals surface area (Å²) in [6.45, 7) is 2.40. The summed E-state index contributed by atoms with van der Waals surface area (Å²) >= 11 is 0. The molecule has 0 fully saturated rings. The van der Waals surface area contributed by atoms with Crippen molar-refractivity contribution < 1.29 is 13.9 Å². The molecule has 0 aliphatic heterocycles. The van der Waals surface area contributed by atoms with E-state index in [2.05, 4.69) is 15.0 Å². The lowest BCUT2D eigenvalue weighted by Crippen LogP contribution is -2.15. The molecule has 6 aromatic rings. The minimum atomic E-state index is -0.305. The van der Waals surface area contributed by atoms with Crippen LogP contribution in [0.4, 0.5) is 5.82 Å². The molecule has 1 N–H and O–H groups in total. The Balaban J connectivity index is 1.33. The van der Waals surface area contributed by atoms with Crippen LogP contribution in [0.3, 0.4) is 0 Å². The van der Waals surface area contributed by atoms with Crippen LogP contribution in [0.1, 0.15) is 17.0 Å². The third kappa shape index (κ3) is 5.35. The van der Waals surface area contributed by atoms with E-state index in [1.54, 1.807) is 29.2 Å². The van der Waals surface area contributed by atoms with Crippen molar-refractivity contribution in [1.82, 2.24) is 19.3 Å². The predicted molar refractivity (Wildman–Crippen MR) is 150 cm³/mol. The first-order valence-electron chi connectivity index (χ1n) is 12.5. The number of para-hydroxylation sites is 3. The average Bonchev–Trinajstić information content (AvgIpc) is 3.68. The molecule has 0 radical (unpaired) electrons. The van der Waals surface area contributed by atoms with Gasteiger partial charge in [0.1, 0.15) is 23.1 Å². The second kappa shape index (κ2) is 10.5. The monoisotopic (exact) mass is 515 g/mol. The molecule has 3 heterocycles. The van der Waals surface area contributed by atoms with Gasteiger partial charge in [-0.1, -0.05) is 42.5 Å². The molecule has 0 aliphatic carbocycles. The highest BCUT2D eigenvalue weighted by atomic mass is 16.5. The number of ether oxygens (including phenoxy) is 1. The van der Waals surface area contributed by atoms with E-state index >= 15 is 0 Å². The van der Waals surface area contributed by atoms with Gasteiger partial charge >= 0.3 is 0 Å². The van der Waals surface area contributed by atoms with Gasteiger partial charge in [0.2, 0.25) is 11.9 Å². The van der Waals surface area contributed by atoms with Crippen molar-refractivity contribution in [2.75, 3.05) is 5.32 Å². The summed E-state index contributed by atoms with van der Waals surface area (Å²) in [5, 5.41) is 7.59. The number of imidazole rings is 1. The van der Waals surface area contributed by atoms with Gasteiger partial charge in [0, 0.05) is 12.1 Å². The number of carbonyl (C=O) groups is 1. The van der Waals surface area contributed by atoms with Crippen LogP contribution in [-0.2, 0) is 11.3 Å². The van der Waals surface area contributed by atoms with Crippen LogP contribution in [0, 0.1) is 6.92 Å². The van der Waals surface area contributed by atoms with Crippen LogP contribution in [0.5, 0.6) is 11.5 Å². The summed E-state index contributed by atoms with van der Waals surface area (Å²) in [6, 6.07) is 30.9. The van der Waals surface area contributed by atoms with Gasteiger partial charge < -0.3 is 19.0 Å². The number of aromatic nitrogens is 4. The van der Waals surface area contributed by atoms with Gasteiger partial charge in [-0.2, -0.15) is 9.78 Å². The number of benzene rings is 3. The van der Waals surface area contributed by atoms with Crippen LogP contribution in [0.15, 0.2) is 114 Å². The van der Waals surface area contributed by atoms with Crippen molar-refractivity contribution in [2.24, 2.45) is 0 Å². The van der Waals surface area contributed by atoms with Gasteiger partial charge in [0.15, 0.2) is 0 Å². The first-order chi connectivity index (χ1) is 19.1. The lowest BCUT2D eigenvalue weighted by atomic mass is 10.2. The maximum atomic E-state index is 12.7. The minimum Gasteiger partial charge on any atom is -0.465 e. The standard InChI is InChI=1S/C31H25N5O3/c1-22-19-29(33-30(37)17-16-24-13-8-18-38-24)36(34-22)31-32-27-14-5-6-15-28(27)35(31)21-23-9-7-12-26(20-23)39-25-10-3-2-4-11-25/h2-20H,21H2,1H3,(H,33,37). The van der Waals surface area contributed by atoms with E-state index in [4.69, 9.17) is 14.1 Å². The molecule has 8 nitrogen and oxygen atoms in total.